The molecule has 26 heavy (non-hydrogen) atoms. The van der Waals surface area contributed by atoms with E-state index >= 15 is 0 Å². The molecule has 0 aliphatic heterocycles. The molecule has 2 saturated carbocycles. The first-order valence-corrected chi connectivity index (χ1v) is 9.75. The van der Waals surface area contributed by atoms with E-state index in [0.717, 1.165) is 38.5 Å². The SMILES string of the molecule is OC[C@]12C=CC=C[C@@]1(CO)CCC2.OC[C@]12C=CC=C[C@@]1(CO)CCC2. The molecule has 0 saturated heterocycles. The quantitative estimate of drug-likeness (QED) is 0.621. The molecule has 0 aromatic rings. The van der Waals surface area contributed by atoms with Gasteiger partial charge in [0.1, 0.15) is 0 Å². The molecule has 4 heteroatoms. The van der Waals surface area contributed by atoms with E-state index in [1.54, 1.807) is 0 Å². The second kappa shape index (κ2) is 7.43. The molecule has 0 amide bonds. The fraction of sp³-hybridized carbons (Fsp3) is 0.636. The van der Waals surface area contributed by atoms with Crippen molar-refractivity contribution in [3.8, 4) is 0 Å². The van der Waals surface area contributed by atoms with Gasteiger partial charge in [-0.2, -0.15) is 0 Å². The van der Waals surface area contributed by atoms with Gasteiger partial charge in [-0.25, -0.2) is 0 Å². The lowest BCUT2D eigenvalue weighted by Gasteiger charge is -2.41. The van der Waals surface area contributed by atoms with Gasteiger partial charge in [-0.1, -0.05) is 61.4 Å². The third kappa shape index (κ3) is 2.75. The summed E-state index contributed by atoms with van der Waals surface area (Å²) in [4.78, 5) is 0. The first-order chi connectivity index (χ1) is 12.6. The average Bonchev–Trinajstić information content (AvgIpc) is 3.28. The highest BCUT2D eigenvalue weighted by molar-refractivity contribution is 5.29. The fourth-order valence-electron chi connectivity index (χ4n) is 5.55. The van der Waals surface area contributed by atoms with E-state index in [2.05, 4.69) is 24.3 Å². The number of aliphatic hydroxyl groups excluding tert-OH is 4. The van der Waals surface area contributed by atoms with Gasteiger partial charge in [0, 0.05) is 21.7 Å². The maximum absolute atomic E-state index is 9.45. The van der Waals surface area contributed by atoms with Gasteiger partial charge in [0.05, 0.1) is 26.4 Å². The predicted molar refractivity (Wildman–Crippen MR) is 102 cm³/mol. The summed E-state index contributed by atoms with van der Waals surface area (Å²) in [6, 6.07) is 0. The first-order valence-electron chi connectivity index (χ1n) is 9.75. The molecule has 4 rings (SSSR count). The van der Waals surface area contributed by atoms with Gasteiger partial charge in [-0.05, 0) is 25.7 Å². The molecule has 4 nitrogen and oxygen atoms in total. The van der Waals surface area contributed by atoms with Crippen molar-refractivity contribution in [3.63, 3.8) is 0 Å². The summed E-state index contributed by atoms with van der Waals surface area (Å²) >= 11 is 0. The van der Waals surface area contributed by atoms with Crippen molar-refractivity contribution in [2.75, 3.05) is 26.4 Å². The second-order valence-corrected chi connectivity index (χ2v) is 8.40. The summed E-state index contributed by atoms with van der Waals surface area (Å²) in [5.41, 5.74) is -0.736. The molecule has 4 atom stereocenters. The normalized spacial score (nSPS) is 42.3. The Kier molecular flexibility index (Phi) is 5.59. The zero-order valence-corrected chi connectivity index (χ0v) is 15.5. The molecule has 0 spiro atoms. The van der Waals surface area contributed by atoms with E-state index < -0.39 is 0 Å². The van der Waals surface area contributed by atoms with Crippen molar-refractivity contribution in [1.29, 1.82) is 0 Å². The summed E-state index contributed by atoms with van der Waals surface area (Å²) in [5, 5.41) is 37.8. The minimum Gasteiger partial charge on any atom is -0.395 e. The summed E-state index contributed by atoms with van der Waals surface area (Å²) < 4.78 is 0. The molecule has 0 heterocycles. The monoisotopic (exact) mass is 360 g/mol. The van der Waals surface area contributed by atoms with E-state index in [1.807, 2.05) is 24.3 Å². The van der Waals surface area contributed by atoms with Crippen molar-refractivity contribution in [3.05, 3.63) is 48.6 Å². The van der Waals surface area contributed by atoms with Gasteiger partial charge in [0.25, 0.3) is 0 Å². The van der Waals surface area contributed by atoms with Crippen molar-refractivity contribution >= 4 is 0 Å². The third-order valence-corrected chi connectivity index (χ3v) is 7.49. The lowest BCUT2D eigenvalue weighted by atomic mass is 9.64. The lowest BCUT2D eigenvalue weighted by molar-refractivity contribution is 0.0352. The Bertz CT molecular complexity index is 516. The van der Waals surface area contributed by atoms with Crippen LogP contribution in [0.2, 0.25) is 0 Å². The Labute approximate surface area is 156 Å². The van der Waals surface area contributed by atoms with Gasteiger partial charge in [-0.3, -0.25) is 0 Å². The van der Waals surface area contributed by atoms with Crippen LogP contribution in [0.15, 0.2) is 48.6 Å². The Hall–Kier alpha value is -1.20. The number of hydrogen-bond donors (Lipinski definition) is 4. The van der Waals surface area contributed by atoms with Crippen LogP contribution in [0.1, 0.15) is 38.5 Å². The number of aliphatic hydroxyl groups is 4. The van der Waals surface area contributed by atoms with E-state index in [9.17, 15) is 20.4 Å². The van der Waals surface area contributed by atoms with Gasteiger partial charge < -0.3 is 20.4 Å². The number of hydrogen-bond acceptors (Lipinski definition) is 4. The van der Waals surface area contributed by atoms with Crippen LogP contribution >= 0.6 is 0 Å². The van der Waals surface area contributed by atoms with Gasteiger partial charge in [0.15, 0.2) is 0 Å². The van der Waals surface area contributed by atoms with Crippen LogP contribution in [0, 0.1) is 21.7 Å². The number of fused-ring (bicyclic) bond motifs is 2. The summed E-state index contributed by atoms with van der Waals surface area (Å²) in [6.45, 7) is 0.589. The molecule has 4 aliphatic carbocycles. The Morgan fingerprint density at radius 3 is 0.885 bits per heavy atom. The highest BCUT2D eigenvalue weighted by Crippen LogP contribution is 2.56. The average molecular weight is 360 g/mol. The minimum atomic E-state index is -0.184. The molecular formula is C22H32O4. The summed E-state index contributed by atoms with van der Waals surface area (Å²) in [7, 11) is 0. The van der Waals surface area contributed by atoms with E-state index in [0.29, 0.717) is 0 Å². The zero-order valence-electron chi connectivity index (χ0n) is 15.5. The first kappa shape index (κ1) is 19.6. The molecule has 0 unspecified atom stereocenters. The van der Waals surface area contributed by atoms with E-state index in [-0.39, 0.29) is 48.1 Å². The van der Waals surface area contributed by atoms with Crippen LogP contribution in [0.25, 0.3) is 0 Å². The molecule has 4 N–H and O–H groups in total. The van der Waals surface area contributed by atoms with Crippen LogP contribution < -0.4 is 0 Å². The van der Waals surface area contributed by atoms with Crippen molar-refractivity contribution in [2.45, 2.75) is 38.5 Å². The standard InChI is InChI=1S/2C11H16O2/c2*12-8-10-4-1-2-5-11(10,9-13)7-3-6-10/h2*1-2,4-5,12-13H,3,6-9H2/t2*10-,11+. The number of allylic oxidation sites excluding steroid dienone is 4. The fourth-order valence-corrected chi connectivity index (χ4v) is 5.55. The van der Waals surface area contributed by atoms with Gasteiger partial charge >= 0.3 is 0 Å². The molecule has 0 aromatic heterocycles. The highest BCUT2D eigenvalue weighted by atomic mass is 16.3. The maximum atomic E-state index is 9.45. The highest BCUT2D eigenvalue weighted by Gasteiger charge is 2.52. The van der Waals surface area contributed by atoms with Crippen molar-refractivity contribution in [2.24, 2.45) is 21.7 Å². The summed E-state index contributed by atoms with van der Waals surface area (Å²) in [6.07, 6.45) is 22.3. The van der Waals surface area contributed by atoms with Crippen LogP contribution in [0.3, 0.4) is 0 Å². The van der Waals surface area contributed by atoms with Crippen LogP contribution in [-0.2, 0) is 0 Å². The molecule has 0 aromatic carbocycles. The largest absolute Gasteiger partial charge is 0.395 e. The van der Waals surface area contributed by atoms with Crippen LogP contribution in [0.5, 0.6) is 0 Å². The van der Waals surface area contributed by atoms with E-state index in [1.165, 1.54) is 0 Å². The molecule has 4 aliphatic rings. The topological polar surface area (TPSA) is 80.9 Å². The molecule has 2 fully saturated rings. The lowest BCUT2D eigenvalue weighted by Crippen LogP contribution is -2.41. The predicted octanol–water partition coefficient (Wildman–Crippen LogP) is 2.51. The molecular weight excluding hydrogens is 328 g/mol. The summed E-state index contributed by atoms with van der Waals surface area (Å²) in [5.74, 6) is 0. The third-order valence-electron chi connectivity index (χ3n) is 7.49. The minimum absolute atomic E-state index is 0.147. The Morgan fingerprint density at radius 2 is 0.692 bits per heavy atom. The second-order valence-electron chi connectivity index (χ2n) is 8.40. The number of rotatable bonds is 4. The molecule has 0 radical (unpaired) electrons. The maximum Gasteiger partial charge on any atom is 0.0531 e. The van der Waals surface area contributed by atoms with Crippen LogP contribution in [0.4, 0.5) is 0 Å². The van der Waals surface area contributed by atoms with Gasteiger partial charge in [0.2, 0.25) is 0 Å². The van der Waals surface area contributed by atoms with Crippen LogP contribution in [-0.4, -0.2) is 46.9 Å². The van der Waals surface area contributed by atoms with Crippen molar-refractivity contribution < 1.29 is 20.4 Å². The molecule has 0 bridgehead atoms. The zero-order chi connectivity index (χ0) is 18.7. The van der Waals surface area contributed by atoms with Crippen molar-refractivity contribution in [1.82, 2.24) is 0 Å². The van der Waals surface area contributed by atoms with E-state index in [4.69, 9.17) is 0 Å². The molecule has 144 valence electrons. The van der Waals surface area contributed by atoms with Gasteiger partial charge in [-0.15, -0.1) is 0 Å². The Balaban J connectivity index is 0.000000151. The Morgan fingerprint density at radius 1 is 0.462 bits per heavy atom. The smallest absolute Gasteiger partial charge is 0.0531 e.